The molecule has 0 spiro atoms. The van der Waals surface area contributed by atoms with Crippen molar-refractivity contribution in [1.82, 2.24) is 0 Å². The molecule has 0 bridgehead atoms. The van der Waals surface area contributed by atoms with E-state index < -0.39 is 17.7 Å². The molecule has 6 heteroatoms. The fourth-order valence-corrected chi connectivity index (χ4v) is 2.19. The first-order valence-electron chi connectivity index (χ1n) is 7.21. The van der Waals surface area contributed by atoms with Crippen LogP contribution in [0.15, 0.2) is 48.5 Å². The molecular weight excluding hydrogens is 333 g/mol. The molecule has 0 aliphatic rings. The number of rotatable bonds is 5. The van der Waals surface area contributed by atoms with E-state index in [0.717, 1.165) is 5.56 Å². The minimum atomic E-state index is -0.686. The maximum absolute atomic E-state index is 13.7. The van der Waals surface area contributed by atoms with Gasteiger partial charge in [0.15, 0.2) is 0 Å². The molecule has 2 rings (SSSR count). The monoisotopic (exact) mass is 347 g/mol. The average molecular weight is 348 g/mol. The summed E-state index contributed by atoms with van der Waals surface area (Å²) in [4.78, 5) is 23.4. The largest absolute Gasteiger partial charge is 0.463 e. The molecule has 0 fully saturated rings. The van der Waals surface area contributed by atoms with Gasteiger partial charge in [0, 0.05) is 11.8 Å². The van der Waals surface area contributed by atoms with Crippen molar-refractivity contribution >= 4 is 35.2 Å². The molecular formula is C18H15ClFNO3. The molecule has 1 amide bonds. The lowest BCUT2D eigenvalue weighted by Crippen LogP contribution is -2.14. The van der Waals surface area contributed by atoms with Gasteiger partial charge in [-0.15, -0.1) is 0 Å². The molecule has 0 aromatic heterocycles. The number of carbonyl (C=O) groups is 2. The first-order chi connectivity index (χ1) is 11.5. The molecule has 0 radical (unpaired) electrons. The topological polar surface area (TPSA) is 55.4 Å². The van der Waals surface area contributed by atoms with Crippen molar-refractivity contribution in [2.75, 3.05) is 11.9 Å². The van der Waals surface area contributed by atoms with Crippen LogP contribution in [0.2, 0.25) is 5.02 Å². The Hall–Kier alpha value is -2.66. The second kappa shape index (κ2) is 8.26. The van der Waals surface area contributed by atoms with Crippen LogP contribution < -0.4 is 5.32 Å². The van der Waals surface area contributed by atoms with Crippen molar-refractivity contribution in [3.8, 4) is 0 Å². The Labute approximate surface area is 143 Å². The standard InChI is InChI=1S/C18H15ClFNO3/c1-2-24-16(22)11-8-12-6-9-13(10-7-12)21-18(23)17-14(19)4-3-5-15(17)20/h3-11H,2H2,1H3,(H,21,23)/b11-8+. The summed E-state index contributed by atoms with van der Waals surface area (Å²) in [5.74, 6) is -1.74. The maximum atomic E-state index is 13.7. The van der Waals surface area contributed by atoms with Crippen LogP contribution in [0.25, 0.3) is 6.08 Å². The summed E-state index contributed by atoms with van der Waals surface area (Å²) < 4.78 is 18.5. The number of nitrogens with one attached hydrogen (secondary N) is 1. The van der Waals surface area contributed by atoms with Crippen LogP contribution in [-0.4, -0.2) is 18.5 Å². The summed E-state index contributed by atoms with van der Waals surface area (Å²) in [6, 6.07) is 10.7. The number of anilines is 1. The van der Waals surface area contributed by atoms with Crippen LogP contribution in [0.1, 0.15) is 22.8 Å². The predicted octanol–water partition coefficient (Wildman–Crippen LogP) is 4.31. The summed E-state index contributed by atoms with van der Waals surface area (Å²) in [7, 11) is 0. The molecule has 24 heavy (non-hydrogen) atoms. The number of ether oxygens (including phenoxy) is 1. The molecule has 124 valence electrons. The zero-order valence-electron chi connectivity index (χ0n) is 12.9. The van der Waals surface area contributed by atoms with Gasteiger partial charge in [0.05, 0.1) is 17.2 Å². The third kappa shape index (κ3) is 4.67. The van der Waals surface area contributed by atoms with Crippen molar-refractivity contribution < 1.29 is 18.7 Å². The van der Waals surface area contributed by atoms with Gasteiger partial charge in [0.2, 0.25) is 0 Å². The predicted molar refractivity (Wildman–Crippen MR) is 91.5 cm³/mol. The highest BCUT2D eigenvalue weighted by molar-refractivity contribution is 6.34. The Morgan fingerprint density at radius 1 is 1.21 bits per heavy atom. The number of esters is 1. The summed E-state index contributed by atoms with van der Waals surface area (Å²) in [6.07, 6.45) is 2.91. The van der Waals surface area contributed by atoms with E-state index in [2.05, 4.69) is 5.32 Å². The average Bonchev–Trinajstić information content (AvgIpc) is 2.54. The molecule has 0 aliphatic heterocycles. The number of hydrogen-bond donors (Lipinski definition) is 1. The van der Waals surface area contributed by atoms with Crippen LogP contribution in [0.4, 0.5) is 10.1 Å². The van der Waals surface area contributed by atoms with Crippen LogP contribution in [-0.2, 0) is 9.53 Å². The Balaban J connectivity index is 2.06. The quantitative estimate of drug-likeness (QED) is 0.647. The molecule has 0 unspecified atom stereocenters. The first kappa shape index (κ1) is 17.7. The summed E-state index contributed by atoms with van der Waals surface area (Å²) in [5, 5.41) is 2.62. The molecule has 0 atom stereocenters. The number of benzene rings is 2. The van der Waals surface area contributed by atoms with E-state index in [1.54, 1.807) is 37.3 Å². The van der Waals surface area contributed by atoms with Crippen molar-refractivity contribution in [3.63, 3.8) is 0 Å². The van der Waals surface area contributed by atoms with Gasteiger partial charge >= 0.3 is 5.97 Å². The lowest BCUT2D eigenvalue weighted by molar-refractivity contribution is -0.137. The molecule has 0 saturated heterocycles. The van der Waals surface area contributed by atoms with Gasteiger partial charge in [-0.1, -0.05) is 29.8 Å². The fourth-order valence-electron chi connectivity index (χ4n) is 1.94. The Kier molecular flexibility index (Phi) is 6.09. The van der Waals surface area contributed by atoms with Crippen molar-refractivity contribution in [3.05, 3.63) is 70.5 Å². The van der Waals surface area contributed by atoms with Crippen LogP contribution in [0.3, 0.4) is 0 Å². The van der Waals surface area contributed by atoms with E-state index in [9.17, 15) is 14.0 Å². The summed E-state index contributed by atoms with van der Waals surface area (Å²) in [6.45, 7) is 2.04. The Morgan fingerprint density at radius 2 is 1.92 bits per heavy atom. The molecule has 2 aromatic carbocycles. The lowest BCUT2D eigenvalue weighted by atomic mass is 10.1. The molecule has 2 aromatic rings. The van der Waals surface area contributed by atoms with E-state index in [1.807, 2.05) is 0 Å². The van der Waals surface area contributed by atoms with Crippen LogP contribution >= 0.6 is 11.6 Å². The molecule has 0 saturated carbocycles. The van der Waals surface area contributed by atoms with Gasteiger partial charge in [-0.25, -0.2) is 9.18 Å². The normalized spacial score (nSPS) is 10.6. The molecule has 1 N–H and O–H groups in total. The van der Waals surface area contributed by atoms with Crippen molar-refractivity contribution in [2.45, 2.75) is 6.92 Å². The van der Waals surface area contributed by atoms with E-state index in [0.29, 0.717) is 12.3 Å². The minimum absolute atomic E-state index is 0.0430. The number of halogens is 2. The third-order valence-electron chi connectivity index (χ3n) is 3.06. The van der Waals surface area contributed by atoms with Gasteiger partial charge < -0.3 is 10.1 Å². The molecule has 4 nitrogen and oxygen atoms in total. The van der Waals surface area contributed by atoms with Gasteiger partial charge in [-0.3, -0.25) is 4.79 Å². The summed E-state index contributed by atoms with van der Waals surface area (Å²) >= 11 is 5.86. The minimum Gasteiger partial charge on any atom is -0.463 e. The van der Waals surface area contributed by atoms with Crippen LogP contribution in [0, 0.1) is 5.82 Å². The van der Waals surface area contributed by atoms with E-state index in [1.165, 1.54) is 24.3 Å². The Bertz CT molecular complexity index is 752. The van der Waals surface area contributed by atoms with Gasteiger partial charge in [-0.05, 0) is 42.8 Å². The van der Waals surface area contributed by atoms with E-state index in [-0.39, 0.29) is 10.6 Å². The summed E-state index contributed by atoms with van der Waals surface area (Å²) in [5.41, 5.74) is 1.03. The number of hydrogen-bond acceptors (Lipinski definition) is 3. The molecule has 0 aliphatic carbocycles. The zero-order valence-corrected chi connectivity index (χ0v) is 13.6. The highest BCUT2D eigenvalue weighted by Crippen LogP contribution is 2.21. The third-order valence-corrected chi connectivity index (χ3v) is 3.37. The van der Waals surface area contributed by atoms with Gasteiger partial charge in [0.25, 0.3) is 5.91 Å². The SMILES string of the molecule is CCOC(=O)/C=C/c1ccc(NC(=O)c2c(F)cccc2Cl)cc1. The lowest BCUT2D eigenvalue weighted by Gasteiger charge is -2.08. The van der Waals surface area contributed by atoms with Crippen molar-refractivity contribution in [2.24, 2.45) is 0 Å². The zero-order chi connectivity index (χ0) is 17.5. The fraction of sp³-hybridized carbons (Fsp3) is 0.111. The molecule has 0 heterocycles. The second-order valence-electron chi connectivity index (χ2n) is 4.76. The number of carbonyl (C=O) groups excluding carboxylic acids is 2. The van der Waals surface area contributed by atoms with Crippen LogP contribution in [0.5, 0.6) is 0 Å². The highest BCUT2D eigenvalue weighted by atomic mass is 35.5. The maximum Gasteiger partial charge on any atom is 0.330 e. The second-order valence-corrected chi connectivity index (χ2v) is 5.17. The van der Waals surface area contributed by atoms with Gasteiger partial charge in [0.1, 0.15) is 5.82 Å². The van der Waals surface area contributed by atoms with E-state index >= 15 is 0 Å². The van der Waals surface area contributed by atoms with E-state index in [4.69, 9.17) is 16.3 Å². The van der Waals surface area contributed by atoms with Crippen molar-refractivity contribution in [1.29, 1.82) is 0 Å². The Morgan fingerprint density at radius 3 is 2.54 bits per heavy atom. The number of amides is 1. The highest BCUT2D eigenvalue weighted by Gasteiger charge is 2.15. The van der Waals surface area contributed by atoms with Gasteiger partial charge in [-0.2, -0.15) is 0 Å². The smallest absolute Gasteiger partial charge is 0.330 e. The first-order valence-corrected chi connectivity index (χ1v) is 7.59.